The SMILES string of the molecule is CCOC(=O)C1=CN(C(=O)c2ccc(F)cc2)CCc2c1[nH]c1ccc(OC)cc21. The second-order valence-corrected chi connectivity index (χ2v) is 6.91. The number of esters is 1. The van der Waals surface area contributed by atoms with E-state index in [0.29, 0.717) is 30.0 Å². The smallest absolute Gasteiger partial charge is 0.341 e. The molecule has 2 heterocycles. The van der Waals surface area contributed by atoms with Crippen LogP contribution >= 0.6 is 0 Å². The van der Waals surface area contributed by atoms with Gasteiger partial charge in [-0.1, -0.05) is 0 Å². The van der Waals surface area contributed by atoms with Gasteiger partial charge >= 0.3 is 5.97 Å². The Morgan fingerprint density at radius 3 is 2.63 bits per heavy atom. The summed E-state index contributed by atoms with van der Waals surface area (Å²) < 4.78 is 23.8. The van der Waals surface area contributed by atoms with E-state index in [2.05, 4.69) is 4.98 Å². The van der Waals surface area contributed by atoms with Gasteiger partial charge in [0.25, 0.3) is 5.91 Å². The molecule has 0 spiro atoms. The van der Waals surface area contributed by atoms with E-state index in [-0.39, 0.29) is 18.1 Å². The van der Waals surface area contributed by atoms with Gasteiger partial charge in [-0.05, 0) is 61.4 Å². The number of nitrogens with one attached hydrogen (secondary N) is 1. The third kappa shape index (κ3) is 3.54. The van der Waals surface area contributed by atoms with Crippen molar-refractivity contribution in [2.24, 2.45) is 0 Å². The number of nitrogens with zero attached hydrogens (tertiary/aromatic N) is 1. The zero-order valence-corrected chi connectivity index (χ0v) is 16.7. The Kier molecular flexibility index (Phi) is 5.27. The van der Waals surface area contributed by atoms with Gasteiger partial charge in [0.05, 0.1) is 25.0 Å². The Hall–Kier alpha value is -3.61. The lowest BCUT2D eigenvalue weighted by atomic mass is 10.0. The fourth-order valence-electron chi connectivity index (χ4n) is 3.64. The van der Waals surface area contributed by atoms with Gasteiger partial charge in [0.1, 0.15) is 11.6 Å². The van der Waals surface area contributed by atoms with Crippen LogP contribution in [0, 0.1) is 5.82 Å². The number of hydrogen-bond acceptors (Lipinski definition) is 4. The van der Waals surface area contributed by atoms with Crippen molar-refractivity contribution in [3.63, 3.8) is 0 Å². The number of carbonyl (C=O) groups excluding carboxylic acids is 2. The molecule has 0 saturated heterocycles. The number of amides is 1. The molecule has 0 radical (unpaired) electrons. The van der Waals surface area contributed by atoms with Crippen molar-refractivity contribution in [2.45, 2.75) is 13.3 Å². The summed E-state index contributed by atoms with van der Waals surface area (Å²) in [7, 11) is 1.60. The van der Waals surface area contributed by atoms with Crippen LogP contribution in [0.25, 0.3) is 16.5 Å². The van der Waals surface area contributed by atoms with Crippen LogP contribution in [0.2, 0.25) is 0 Å². The number of aromatic nitrogens is 1. The summed E-state index contributed by atoms with van der Waals surface area (Å²) in [4.78, 5) is 30.5. The molecular formula is C23H21FN2O4. The highest BCUT2D eigenvalue weighted by atomic mass is 19.1. The Morgan fingerprint density at radius 1 is 1.17 bits per heavy atom. The van der Waals surface area contributed by atoms with Crippen molar-refractivity contribution in [1.29, 1.82) is 0 Å². The predicted molar refractivity (Wildman–Crippen MR) is 111 cm³/mol. The first-order chi connectivity index (χ1) is 14.5. The monoisotopic (exact) mass is 408 g/mol. The Bertz CT molecular complexity index is 1150. The summed E-state index contributed by atoms with van der Waals surface area (Å²) in [5, 5.41) is 0.927. The van der Waals surface area contributed by atoms with Gasteiger partial charge in [0.15, 0.2) is 0 Å². The molecule has 0 unspecified atom stereocenters. The van der Waals surface area contributed by atoms with Crippen LogP contribution in [0.3, 0.4) is 0 Å². The second kappa shape index (κ2) is 8.02. The normalized spacial score (nSPS) is 13.4. The van der Waals surface area contributed by atoms with Gasteiger partial charge in [0.2, 0.25) is 0 Å². The molecule has 1 aromatic heterocycles. The molecule has 3 aromatic rings. The second-order valence-electron chi connectivity index (χ2n) is 6.91. The van der Waals surface area contributed by atoms with Gasteiger partial charge in [-0.25, -0.2) is 9.18 Å². The van der Waals surface area contributed by atoms with E-state index in [1.54, 1.807) is 14.0 Å². The first-order valence-corrected chi connectivity index (χ1v) is 9.66. The number of rotatable bonds is 4. The van der Waals surface area contributed by atoms with Gasteiger partial charge in [0, 0.05) is 29.2 Å². The molecule has 1 amide bonds. The highest BCUT2D eigenvalue weighted by molar-refractivity contribution is 6.18. The van der Waals surface area contributed by atoms with E-state index < -0.39 is 11.8 Å². The predicted octanol–water partition coefficient (Wildman–Crippen LogP) is 3.92. The average molecular weight is 408 g/mol. The summed E-state index contributed by atoms with van der Waals surface area (Å²) in [6.45, 7) is 2.30. The number of benzene rings is 2. The molecule has 2 aromatic carbocycles. The van der Waals surface area contributed by atoms with Crippen molar-refractivity contribution in [1.82, 2.24) is 9.88 Å². The number of methoxy groups -OCH3 is 1. The molecule has 7 heteroatoms. The fourth-order valence-corrected chi connectivity index (χ4v) is 3.64. The highest BCUT2D eigenvalue weighted by Crippen LogP contribution is 2.33. The highest BCUT2D eigenvalue weighted by Gasteiger charge is 2.27. The molecule has 0 saturated carbocycles. The Balaban J connectivity index is 1.80. The Morgan fingerprint density at radius 2 is 1.93 bits per heavy atom. The third-order valence-electron chi connectivity index (χ3n) is 5.12. The van der Waals surface area contributed by atoms with Crippen molar-refractivity contribution in [3.05, 3.63) is 71.3 Å². The van der Waals surface area contributed by atoms with Crippen LogP contribution in [0.5, 0.6) is 5.75 Å². The number of aromatic amines is 1. The number of fused-ring (bicyclic) bond motifs is 3. The summed E-state index contributed by atoms with van der Waals surface area (Å²) >= 11 is 0. The topological polar surface area (TPSA) is 71.6 Å². The molecule has 0 aliphatic carbocycles. The number of H-pyrrole nitrogens is 1. The van der Waals surface area contributed by atoms with Gasteiger partial charge in [-0.3, -0.25) is 4.79 Å². The average Bonchev–Trinajstić information content (AvgIpc) is 3.00. The lowest BCUT2D eigenvalue weighted by Gasteiger charge is -2.18. The first kappa shape index (κ1) is 19.7. The maximum absolute atomic E-state index is 13.2. The summed E-state index contributed by atoms with van der Waals surface area (Å²) in [6.07, 6.45) is 2.04. The molecule has 0 bridgehead atoms. The van der Waals surface area contributed by atoms with E-state index in [9.17, 15) is 14.0 Å². The van der Waals surface area contributed by atoms with Crippen LogP contribution in [0.1, 0.15) is 28.5 Å². The first-order valence-electron chi connectivity index (χ1n) is 9.66. The molecule has 4 rings (SSSR count). The third-order valence-corrected chi connectivity index (χ3v) is 5.12. The molecule has 0 atom stereocenters. The van der Waals surface area contributed by atoms with Crippen LogP contribution in [-0.4, -0.2) is 42.0 Å². The van der Waals surface area contributed by atoms with Gasteiger partial charge < -0.3 is 19.4 Å². The lowest BCUT2D eigenvalue weighted by molar-refractivity contribution is -0.136. The lowest BCUT2D eigenvalue weighted by Crippen LogP contribution is -2.28. The van der Waals surface area contributed by atoms with Crippen LogP contribution in [0.15, 0.2) is 48.7 Å². The molecule has 30 heavy (non-hydrogen) atoms. The summed E-state index contributed by atoms with van der Waals surface area (Å²) in [6, 6.07) is 11.0. The summed E-state index contributed by atoms with van der Waals surface area (Å²) in [5.74, 6) is -0.546. The van der Waals surface area contributed by atoms with Crippen LogP contribution in [-0.2, 0) is 16.0 Å². The minimum absolute atomic E-state index is 0.214. The fraction of sp³-hybridized carbons (Fsp3) is 0.217. The van der Waals surface area contributed by atoms with E-state index in [4.69, 9.17) is 9.47 Å². The Labute approximate surface area is 172 Å². The molecule has 1 aliphatic heterocycles. The maximum atomic E-state index is 13.2. The standard InChI is InChI=1S/C23H21FN2O4/c1-3-30-23(28)19-13-26(22(27)14-4-6-15(24)7-5-14)11-10-17-18-12-16(29-2)8-9-20(18)25-21(17)19/h4-9,12-13,25H,3,10-11H2,1-2H3. The van der Waals surface area contributed by atoms with Crippen molar-refractivity contribution in [2.75, 3.05) is 20.3 Å². The minimum atomic E-state index is -0.518. The number of carbonyl (C=O) groups is 2. The number of halogens is 1. The van der Waals surface area contributed by atoms with E-state index >= 15 is 0 Å². The van der Waals surface area contributed by atoms with Gasteiger partial charge in [-0.15, -0.1) is 0 Å². The molecule has 1 N–H and O–H groups in total. The molecule has 154 valence electrons. The van der Waals surface area contributed by atoms with Crippen molar-refractivity contribution >= 4 is 28.4 Å². The van der Waals surface area contributed by atoms with Gasteiger partial charge in [-0.2, -0.15) is 0 Å². The zero-order valence-electron chi connectivity index (χ0n) is 16.7. The van der Waals surface area contributed by atoms with Crippen molar-refractivity contribution < 1.29 is 23.5 Å². The molecule has 6 nitrogen and oxygen atoms in total. The van der Waals surface area contributed by atoms with Crippen LogP contribution in [0.4, 0.5) is 4.39 Å². The van der Waals surface area contributed by atoms with E-state index in [1.165, 1.54) is 35.4 Å². The molecule has 0 fully saturated rings. The van der Waals surface area contributed by atoms with E-state index in [0.717, 1.165) is 16.5 Å². The minimum Gasteiger partial charge on any atom is -0.497 e. The molecule has 1 aliphatic rings. The van der Waals surface area contributed by atoms with Crippen LogP contribution < -0.4 is 4.74 Å². The largest absolute Gasteiger partial charge is 0.497 e. The number of ether oxygens (including phenoxy) is 2. The molecular weight excluding hydrogens is 387 g/mol. The van der Waals surface area contributed by atoms with E-state index in [1.807, 2.05) is 18.2 Å². The maximum Gasteiger partial charge on any atom is 0.341 e. The number of hydrogen-bond donors (Lipinski definition) is 1. The quantitative estimate of drug-likeness (QED) is 0.665. The zero-order chi connectivity index (χ0) is 21.3. The summed E-state index contributed by atoms with van der Waals surface area (Å²) in [5.41, 5.74) is 3.03. The van der Waals surface area contributed by atoms with Crippen molar-refractivity contribution in [3.8, 4) is 5.75 Å².